The van der Waals surface area contributed by atoms with E-state index in [1.807, 2.05) is 60.7 Å². The van der Waals surface area contributed by atoms with Gasteiger partial charge in [0, 0.05) is 16.4 Å². The Kier molecular flexibility index (Phi) is 4.85. The topological polar surface area (TPSA) is 53.9 Å². The van der Waals surface area contributed by atoms with Crippen molar-refractivity contribution in [2.24, 2.45) is 0 Å². The van der Waals surface area contributed by atoms with Crippen molar-refractivity contribution in [2.45, 2.75) is 38.5 Å². The smallest absolute Gasteiger partial charge is 0.188 e. The van der Waals surface area contributed by atoms with Gasteiger partial charge in [-0.15, -0.1) is 0 Å². The van der Waals surface area contributed by atoms with E-state index in [9.17, 15) is 5.26 Å². The maximum atomic E-state index is 9.79. The molecule has 0 amide bonds. The van der Waals surface area contributed by atoms with E-state index in [1.54, 1.807) is 0 Å². The second kappa shape index (κ2) is 7.65. The molecule has 1 aliphatic rings. The van der Waals surface area contributed by atoms with Crippen molar-refractivity contribution in [3.8, 4) is 28.6 Å². The number of hydrogen-bond donors (Lipinski definition) is 0. The van der Waals surface area contributed by atoms with Crippen molar-refractivity contribution in [2.75, 3.05) is 0 Å². The highest BCUT2D eigenvalue weighted by molar-refractivity contribution is 5.70. The van der Waals surface area contributed by atoms with Crippen molar-refractivity contribution in [1.82, 2.24) is 9.97 Å². The van der Waals surface area contributed by atoms with Crippen LogP contribution in [-0.2, 0) is 10.8 Å². The van der Waals surface area contributed by atoms with Gasteiger partial charge in [0.1, 0.15) is 0 Å². The fourth-order valence-electron chi connectivity index (χ4n) is 4.57. The molecule has 0 fully saturated rings. The number of fused-ring (bicyclic) bond motifs is 10. The van der Waals surface area contributed by atoms with Crippen LogP contribution in [0.25, 0.3) is 27.4 Å². The molecule has 3 heterocycles. The fourth-order valence-corrected chi connectivity index (χ4v) is 4.57. The molecule has 5 rings (SSSR count). The van der Waals surface area contributed by atoms with Crippen LogP contribution < -0.4 is 0 Å². The Hall–Kier alpha value is -4.28. The van der Waals surface area contributed by atoms with Crippen LogP contribution in [0.1, 0.15) is 55.8 Å². The van der Waals surface area contributed by atoms with E-state index in [1.165, 1.54) is 0 Å². The summed E-state index contributed by atoms with van der Waals surface area (Å²) in [4.78, 5) is 13.8. The van der Waals surface area contributed by atoms with Gasteiger partial charge in [-0.1, -0.05) is 38.1 Å². The summed E-state index contributed by atoms with van der Waals surface area (Å²) in [7, 11) is 0. The van der Waals surface area contributed by atoms with Gasteiger partial charge in [-0.25, -0.2) is 4.85 Å². The van der Waals surface area contributed by atoms with E-state index in [0.717, 1.165) is 45.0 Å². The third-order valence-corrected chi connectivity index (χ3v) is 6.92. The maximum Gasteiger partial charge on any atom is 0.188 e. The molecule has 164 valence electrons. The van der Waals surface area contributed by atoms with Gasteiger partial charge in [0.05, 0.1) is 41.0 Å². The number of nitriles is 1. The zero-order valence-electron chi connectivity index (χ0n) is 19.7. The third-order valence-electron chi connectivity index (χ3n) is 6.92. The molecule has 1 aliphatic heterocycles. The zero-order chi connectivity index (χ0) is 24.1. The lowest BCUT2D eigenvalue weighted by Gasteiger charge is -2.29. The van der Waals surface area contributed by atoms with Gasteiger partial charge in [0.15, 0.2) is 5.69 Å². The molecule has 0 saturated carbocycles. The zero-order valence-corrected chi connectivity index (χ0v) is 19.7. The number of nitrogens with zero attached hydrogens (tertiary/aromatic N) is 4. The number of pyridine rings is 2. The van der Waals surface area contributed by atoms with E-state index in [2.05, 4.69) is 50.7 Å². The normalized spacial score (nSPS) is 14.9. The Morgan fingerprint density at radius 2 is 1.29 bits per heavy atom. The van der Waals surface area contributed by atoms with Gasteiger partial charge in [0.25, 0.3) is 0 Å². The molecule has 0 aliphatic carbocycles. The maximum absolute atomic E-state index is 9.79. The average Bonchev–Trinajstić information content (AvgIpc) is 2.87. The van der Waals surface area contributed by atoms with E-state index < -0.39 is 10.8 Å². The molecule has 0 atom stereocenters. The summed E-state index contributed by atoms with van der Waals surface area (Å²) in [6.45, 7) is 16.2. The molecule has 2 aromatic heterocycles. The molecule has 0 saturated heterocycles. The molecule has 2 aromatic carbocycles. The molecule has 4 aromatic rings. The number of rotatable bonds is 0. The van der Waals surface area contributed by atoms with Gasteiger partial charge >= 0.3 is 0 Å². The van der Waals surface area contributed by atoms with Crippen molar-refractivity contribution < 1.29 is 0 Å². The molecule has 4 heteroatoms. The molecule has 0 spiro atoms. The van der Waals surface area contributed by atoms with Crippen LogP contribution in [0, 0.1) is 17.9 Å². The first-order valence-corrected chi connectivity index (χ1v) is 11.3. The Labute approximate surface area is 200 Å². The largest absolute Gasteiger partial charge is 0.252 e. The minimum atomic E-state index is -0.449. The second-order valence-electron chi connectivity index (χ2n) is 9.86. The fraction of sp³-hybridized carbons (Fsp3) is 0.200. The van der Waals surface area contributed by atoms with Crippen LogP contribution >= 0.6 is 0 Å². The summed E-state index contributed by atoms with van der Waals surface area (Å²) in [5.74, 6) is 0. The first-order chi connectivity index (χ1) is 16.2. The van der Waals surface area contributed by atoms with Gasteiger partial charge < -0.3 is 0 Å². The van der Waals surface area contributed by atoms with Crippen molar-refractivity contribution in [1.29, 1.82) is 5.26 Å². The predicted octanol–water partition coefficient (Wildman–Crippen LogP) is 7.20. The van der Waals surface area contributed by atoms with Crippen LogP contribution in [0.15, 0.2) is 72.8 Å². The summed E-state index contributed by atoms with van der Waals surface area (Å²) in [5, 5.41) is 9.79. The Balaban J connectivity index is 1.91. The molecule has 0 N–H and O–H groups in total. The molecular formula is C30H24N4. The first kappa shape index (κ1) is 21.6. The van der Waals surface area contributed by atoms with Gasteiger partial charge in [-0.2, -0.15) is 5.26 Å². The summed E-state index contributed by atoms with van der Waals surface area (Å²) in [6, 6.07) is 26.3. The summed E-state index contributed by atoms with van der Waals surface area (Å²) in [5.41, 5.74) is 7.55. The molecule has 34 heavy (non-hydrogen) atoms. The van der Waals surface area contributed by atoms with Gasteiger partial charge in [-0.3, -0.25) is 9.97 Å². The Morgan fingerprint density at radius 3 is 1.85 bits per heavy atom. The summed E-state index contributed by atoms with van der Waals surface area (Å²) < 4.78 is 0. The van der Waals surface area contributed by atoms with Crippen LogP contribution in [-0.4, -0.2) is 9.97 Å². The molecular weight excluding hydrogens is 416 g/mol. The minimum Gasteiger partial charge on any atom is -0.252 e. The SMILES string of the molecule is [C-]#[N+]c1cc2cc(c1)C(C)(C)c1cc(C#N)cc(c1)-c1cccc(n1)C(C)(C)c1cccc-2n1. The number of hydrogen-bond acceptors (Lipinski definition) is 3. The third kappa shape index (κ3) is 3.45. The Bertz CT molecular complexity index is 1420. The van der Waals surface area contributed by atoms with E-state index in [-0.39, 0.29) is 0 Å². The molecule has 0 unspecified atom stereocenters. The van der Waals surface area contributed by atoms with E-state index in [0.29, 0.717) is 11.3 Å². The van der Waals surface area contributed by atoms with Gasteiger partial charge in [0.2, 0.25) is 0 Å². The van der Waals surface area contributed by atoms with Crippen molar-refractivity contribution >= 4 is 5.69 Å². The molecule has 8 bridgehead atoms. The standard InChI is InChI=1S/C30H24N4/c1-29(2)22-13-19(18-31)12-20(14-22)25-8-6-10-27(33-25)30(3,4)28-11-7-9-26(34-28)21-15-23(29)17-24(16-21)32-5/h6-17H,1-4H3. The quantitative estimate of drug-likeness (QED) is 0.272. The molecule has 4 nitrogen and oxygen atoms in total. The summed E-state index contributed by atoms with van der Waals surface area (Å²) in [6.07, 6.45) is 0. The number of benzene rings is 2. The van der Waals surface area contributed by atoms with Crippen molar-refractivity contribution in [3.05, 3.63) is 112 Å². The summed E-state index contributed by atoms with van der Waals surface area (Å²) >= 11 is 0. The Morgan fingerprint density at radius 1 is 0.735 bits per heavy atom. The van der Waals surface area contributed by atoms with Crippen LogP contribution in [0.5, 0.6) is 0 Å². The van der Waals surface area contributed by atoms with Crippen LogP contribution in [0.3, 0.4) is 0 Å². The second-order valence-corrected chi connectivity index (χ2v) is 9.86. The highest BCUT2D eigenvalue weighted by atomic mass is 14.8. The first-order valence-electron chi connectivity index (χ1n) is 11.3. The highest BCUT2D eigenvalue weighted by Gasteiger charge is 2.29. The highest BCUT2D eigenvalue weighted by Crippen LogP contribution is 2.40. The predicted molar refractivity (Wildman–Crippen MR) is 135 cm³/mol. The van der Waals surface area contributed by atoms with E-state index in [4.69, 9.17) is 16.5 Å². The number of aromatic nitrogens is 2. The van der Waals surface area contributed by atoms with Crippen molar-refractivity contribution in [3.63, 3.8) is 0 Å². The lowest BCUT2D eigenvalue weighted by Crippen LogP contribution is -2.23. The monoisotopic (exact) mass is 440 g/mol. The van der Waals surface area contributed by atoms with Crippen LogP contribution in [0.2, 0.25) is 0 Å². The lowest BCUT2D eigenvalue weighted by molar-refractivity contribution is 0.596. The van der Waals surface area contributed by atoms with Gasteiger partial charge in [-0.05, 0) is 79.1 Å². The van der Waals surface area contributed by atoms with Crippen LogP contribution in [0.4, 0.5) is 5.69 Å². The molecule has 0 radical (unpaired) electrons. The average molecular weight is 441 g/mol. The minimum absolute atomic E-state index is 0.439. The van der Waals surface area contributed by atoms with E-state index >= 15 is 0 Å². The lowest BCUT2D eigenvalue weighted by atomic mass is 9.76.